The molecule has 0 spiro atoms. The number of halogens is 4. The van der Waals surface area contributed by atoms with Gasteiger partial charge in [0.25, 0.3) is 0 Å². The van der Waals surface area contributed by atoms with Crippen LogP contribution in [0.3, 0.4) is 0 Å². The van der Waals surface area contributed by atoms with Crippen molar-refractivity contribution in [1.29, 1.82) is 0 Å². The first-order valence-electron chi connectivity index (χ1n) is 17.1. The van der Waals surface area contributed by atoms with Crippen LogP contribution in [-0.4, -0.2) is 60.3 Å². The van der Waals surface area contributed by atoms with Crippen LogP contribution in [0.25, 0.3) is 27.8 Å². The first-order valence-corrected chi connectivity index (χ1v) is 17.1. The van der Waals surface area contributed by atoms with E-state index in [2.05, 4.69) is 20.3 Å². The highest BCUT2D eigenvalue weighted by Crippen LogP contribution is 2.41. The molecule has 1 atom stereocenters. The number of anilines is 1. The van der Waals surface area contributed by atoms with Crippen molar-refractivity contribution in [3.05, 3.63) is 88.3 Å². The van der Waals surface area contributed by atoms with Crippen LogP contribution in [0.1, 0.15) is 67.1 Å². The molecule has 53 heavy (non-hydrogen) atoms. The van der Waals surface area contributed by atoms with Gasteiger partial charge in [0.05, 0.1) is 28.2 Å². The number of esters is 1. The van der Waals surface area contributed by atoms with Gasteiger partial charge in [-0.1, -0.05) is 32.0 Å². The molecule has 5 aromatic rings. The zero-order chi connectivity index (χ0) is 38.0. The molecule has 12 nitrogen and oxygen atoms in total. The third-order valence-electron chi connectivity index (χ3n) is 9.27. The number of hydrogen-bond donors (Lipinski definition) is 3. The first kappa shape index (κ1) is 37.0. The molecule has 3 N–H and O–H groups in total. The van der Waals surface area contributed by atoms with Crippen molar-refractivity contribution in [2.75, 3.05) is 11.4 Å². The molecular weight excluding hydrogens is 698 g/mol. The van der Waals surface area contributed by atoms with Gasteiger partial charge in [-0.05, 0) is 42.5 Å². The Hall–Kier alpha value is -5.80. The monoisotopic (exact) mass is 735 g/mol. The normalized spacial score (nSPS) is 13.5. The van der Waals surface area contributed by atoms with Crippen LogP contribution in [-0.2, 0) is 57.7 Å². The molecule has 0 saturated heterocycles. The van der Waals surface area contributed by atoms with Crippen LogP contribution in [0, 0.1) is 5.82 Å². The lowest BCUT2D eigenvalue weighted by atomic mass is 9.95. The topological polar surface area (TPSA) is 155 Å². The standard InChI is InChI=1S/C37H37F4N7O5/c1-4-21-7-6-8-22(5-2)33(21)48-34(26-18-47(14-12-28(26)46-48)36-43-16-24(17-44-36)37(39,40)41)31-25-11-13-42-32(25)23(15-27(31)38)19-53-30(50)10-9-29(35(51)52)45-20(3)49/h6-8,11,13,15-17,29,42H,4-5,9-10,12,14,18-19H2,1-3H3,(H,45,49)(H,51,52)/t29-/m0/s1. The predicted molar refractivity (Wildman–Crippen MR) is 186 cm³/mol. The van der Waals surface area contributed by atoms with Crippen molar-refractivity contribution < 1.29 is 41.8 Å². The second kappa shape index (κ2) is 15.0. The number of benzene rings is 2. The number of aliphatic carboxylic acids is 1. The molecule has 6 rings (SSSR count). The number of aromatic nitrogens is 5. The molecule has 278 valence electrons. The van der Waals surface area contributed by atoms with Gasteiger partial charge in [0.1, 0.15) is 18.5 Å². The fraction of sp³-hybridized carbons (Fsp3) is 0.351. The van der Waals surface area contributed by atoms with E-state index < -0.39 is 41.4 Å². The summed E-state index contributed by atoms with van der Waals surface area (Å²) in [6, 6.07) is 7.67. The number of hydrogen-bond acceptors (Lipinski definition) is 8. The number of H-pyrrole nitrogens is 1. The average molecular weight is 736 g/mol. The van der Waals surface area contributed by atoms with Gasteiger partial charge in [-0.3, -0.25) is 9.59 Å². The minimum absolute atomic E-state index is 0.0988. The van der Waals surface area contributed by atoms with E-state index in [1.54, 1.807) is 21.8 Å². The fourth-order valence-electron chi connectivity index (χ4n) is 6.70. The summed E-state index contributed by atoms with van der Waals surface area (Å²) >= 11 is 0. The zero-order valence-electron chi connectivity index (χ0n) is 29.2. The van der Waals surface area contributed by atoms with Crippen molar-refractivity contribution in [3.63, 3.8) is 0 Å². The fourth-order valence-corrected chi connectivity index (χ4v) is 6.70. The maximum Gasteiger partial charge on any atom is 0.419 e. The number of rotatable bonds is 12. The first-order chi connectivity index (χ1) is 25.3. The summed E-state index contributed by atoms with van der Waals surface area (Å²) in [5, 5.41) is 17.1. The quantitative estimate of drug-likeness (QED) is 0.102. The number of nitrogens with one attached hydrogen (secondary N) is 2. The van der Waals surface area contributed by atoms with E-state index in [4.69, 9.17) is 9.84 Å². The van der Waals surface area contributed by atoms with Crippen LogP contribution in [0.15, 0.2) is 48.9 Å². The van der Waals surface area contributed by atoms with Crippen molar-refractivity contribution in [3.8, 4) is 16.9 Å². The number of para-hydroxylation sites is 1. The predicted octanol–water partition coefficient (Wildman–Crippen LogP) is 6.07. The maximum atomic E-state index is 16.8. The number of carbonyl (C=O) groups is 3. The number of fused-ring (bicyclic) bond motifs is 2. The van der Waals surface area contributed by atoms with Gasteiger partial charge in [0.15, 0.2) is 0 Å². The second-order valence-corrected chi connectivity index (χ2v) is 12.7. The number of aryl methyl sites for hydroxylation is 2. The summed E-state index contributed by atoms with van der Waals surface area (Å²) in [4.78, 5) is 48.3. The van der Waals surface area contributed by atoms with E-state index >= 15 is 4.39 Å². The van der Waals surface area contributed by atoms with Gasteiger partial charge in [0, 0.05) is 73.5 Å². The van der Waals surface area contributed by atoms with Gasteiger partial charge in [-0.2, -0.15) is 18.3 Å². The number of alkyl halides is 3. The third-order valence-corrected chi connectivity index (χ3v) is 9.27. The Morgan fingerprint density at radius 1 is 1.08 bits per heavy atom. The summed E-state index contributed by atoms with van der Waals surface area (Å²) in [6.45, 7) is 5.41. The van der Waals surface area contributed by atoms with E-state index in [0.29, 0.717) is 59.2 Å². The maximum absolute atomic E-state index is 16.8. The van der Waals surface area contributed by atoms with E-state index in [0.717, 1.165) is 29.2 Å². The third kappa shape index (κ3) is 7.57. The Kier molecular flexibility index (Phi) is 10.5. The van der Waals surface area contributed by atoms with Gasteiger partial charge in [-0.25, -0.2) is 23.8 Å². The Morgan fingerprint density at radius 2 is 1.77 bits per heavy atom. The van der Waals surface area contributed by atoms with Gasteiger partial charge < -0.3 is 25.0 Å². The minimum atomic E-state index is -4.59. The smallest absolute Gasteiger partial charge is 0.419 e. The van der Waals surface area contributed by atoms with Crippen molar-refractivity contribution in [1.82, 2.24) is 30.0 Å². The minimum Gasteiger partial charge on any atom is -0.480 e. The van der Waals surface area contributed by atoms with Crippen LogP contribution < -0.4 is 10.2 Å². The van der Waals surface area contributed by atoms with E-state index in [-0.39, 0.29) is 37.5 Å². The van der Waals surface area contributed by atoms with Crippen molar-refractivity contribution in [2.24, 2.45) is 0 Å². The number of ether oxygens (including phenoxy) is 1. The molecule has 0 saturated carbocycles. The highest BCUT2D eigenvalue weighted by molar-refractivity contribution is 5.98. The van der Waals surface area contributed by atoms with Gasteiger partial charge >= 0.3 is 18.1 Å². The Balaban J connectivity index is 1.41. The Bertz CT molecular complexity index is 2160. The van der Waals surface area contributed by atoms with Crippen LogP contribution in [0.4, 0.5) is 23.5 Å². The zero-order valence-corrected chi connectivity index (χ0v) is 29.2. The number of nitrogens with zero attached hydrogens (tertiary/aromatic N) is 5. The molecule has 2 aromatic carbocycles. The number of carbonyl (C=O) groups excluding carboxylic acids is 2. The largest absolute Gasteiger partial charge is 0.480 e. The molecule has 3 aromatic heterocycles. The van der Waals surface area contributed by atoms with E-state index in [9.17, 15) is 32.7 Å². The van der Waals surface area contributed by atoms with Crippen LogP contribution in [0.5, 0.6) is 0 Å². The molecule has 1 amide bonds. The summed E-state index contributed by atoms with van der Waals surface area (Å²) in [7, 11) is 0. The molecule has 0 radical (unpaired) electrons. The summed E-state index contributed by atoms with van der Waals surface area (Å²) in [5.74, 6) is -3.10. The van der Waals surface area contributed by atoms with E-state index in [1.165, 1.54) is 13.0 Å². The molecule has 1 aliphatic rings. The average Bonchev–Trinajstić information content (AvgIpc) is 3.76. The number of carboxylic acids is 1. The van der Waals surface area contributed by atoms with Crippen LogP contribution >= 0.6 is 0 Å². The second-order valence-electron chi connectivity index (χ2n) is 12.7. The van der Waals surface area contributed by atoms with E-state index in [1.807, 2.05) is 32.0 Å². The molecular formula is C37H37F4N7O5. The number of aromatic amines is 1. The molecule has 1 aliphatic heterocycles. The molecule has 0 fully saturated rings. The summed E-state index contributed by atoms with van der Waals surface area (Å²) in [5.41, 5.74) is 4.74. The molecule has 0 unspecified atom stereocenters. The van der Waals surface area contributed by atoms with Crippen LogP contribution in [0.2, 0.25) is 0 Å². The van der Waals surface area contributed by atoms with Gasteiger partial charge in [-0.15, -0.1) is 0 Å². The highest BCUT2D eigenvalue weighted by Gasteiger charge is 2.34. The highest BCUT2D eigenvalue weighted by atomic mass is 19.4. The number of amides is 1. The lowest BCUT2D eigenvalue weighted by molar-refractivity contribution is -0.146. The number of carboxylic acid groups (broad SMARTS) is 1. The SMILES string of the molecule is CCc1cccc(CC)c1-n1nc2c(c1-c1c(F)cc(COC(=O)CC[C@H](NC(C)=O)C(=O)O)c3[nH]ccc13)CN(c1ncc(C(F)(F)F)cn1)CC2. The molecule has 4 heterocycles. The lowest BCUT2D eigenvalue weighted by Gasteiger charge is -2.27. The summed E-state index contributed by atoms with van der Waals surface area (Å²) in [6.07, 6.45) is -0.222. The van der Waals surface area contributed by atoms with Gasteiger partial charge in [0.2, 0.25) is 11.9 Å². The lowest BCUT2D eigenvalue weighted by Crippen LogP contribution is -2.39. The molecule has 0 bridgehead atoms. The summed E-state index contributed by atoms with van der Waals surface area (Å²) < 4.78 is 63.8. The Morgan fingerprint density at radius 3 is 2.40 bits per heavy atom. The molecule has 16 heteroatoms. The Labute approximate surface area is 301 Å². The molecule has 0 aliphatic carbocycles. The van der Waals surface area contributed by atoms with Crippen molar-refractivity contribution in [2.45, 2.75) is 78.2 Å². The van der Waals surface area contributed by atoms with Crippen molar-refractivity contribution >= 4 is 34.7 Å².